The van der Waals surface area contributed by atoms with Gasteiger partial charge < -0.3 is 21.7 Å². The molecule has 0 amide bonds. The van der Waals surface area contributed by atoms with E-state index in [2.05, 4.69) is 31.9 Å². The van der Waals surface area contributed by atoms with E-state index in [1.807, 2.05) is 0 Å². The van der Waals surface area contributed by atoms with Gasteiger partial charge in [0, 0.05) is 36.8 Å². The smallest absolute Gasteiger partial charge is 0.337 e. The fourth-order valence-corrected chi connectivity index (χ4v) is 2.15. The van der Waals surface area contributed by atoms with Gasteiger partial charge in [-0.05, 0) is 36.4 Å². The Morgan fingerprint density at radius 2 is 1.09 bits per heavy atom. The maximum absolute atomic E-state index is 10.5. The van der Waals surface area contributed by atoms with Crippen molar-refractivity contribution in [1.82, 2.24) is 0 Å². The van der Waals surface area contributed by atoms with E-state index < -0.39 is 11.9 Å². The standard InChI is InChI=1S/2C7H6BrNO2.Ni/c2*8-4-1-2-6(9)5(3-4)7(10)11;/h2*1-3H,9H2,(H,10,11);. The second-order valence-corrected chi connectivity index (χ2v) is 5.90. The Morgan fingerprint density at radius 3 is 1.30 bits per heavy atom. The predicted octanol–water partition coefficient (Wildman–Crippen LogP) is 3.46. The Labute approximate surface area is 159 Å². The minimum Gasteiger partial charge on any atom is -0.478 e. The van der Waals surface area contributed by atoms with Crippen LogP contribution in [0.15, 0.2) is 45.3 Å². The first-order valence-electron chi connectivity index (χ1n) is 5.79. The zero-order valence-corrected chi connectivity index (χ0v) is 15.6. The van der Waals surface area contributed by atoms with Gasteiger partial charge in [-0.1, -0.05) is 31.9 Å². The van der Waals surface area contributed by atoms with Crippen molar-refractivity contribution < 1.29 is 36.3 Å². The third-order valence-corrected chi connectivity index (χ3v) is 3.48. The number of rotatable bonds is 2. The van der Waals surface area contributed by atoms with E-state index >= 15 is 0 Å². The number of hydrogen-bond donors (Lipinski definition) is 4. The van der Waals surface area contributed by atoms with Crippen LogP contribution in [0.5, 0.6) is 0 Å². The van der Waals surface area contributed by atoms with Crippen LogP contribution in [0.3, 0.4) is 0 Å². The summed E-state index contributed by atoms with van der Waals surface area (Å²) in [6, 6.07) is 9.43. The number of benzene rings is 2. The summed E-state index contributed by atoms with van der Waals surface area (Å²) >= 11 is 6.29. The first kappa shape index (κ1) is 21.4. The second-order valence-electron chi connectivity index (χ2n) is 4.07. The second kappa shape index (κ2) is 9.55. The van der Waals surface area contributed by atoms with Gasteiger partial charge in [0.25, 0.3) is 0 Å². The summed E-state index contributed by atoms with van der Waals surface area (Å²) in [5, 5.41) is 17.2. The van der Waals surface area contributed by atoms with Crippen LogP contribution in [0.1, 0.15) is 20.7 Å². The summed E-state index contributed by atoms with van der Waals surface area (Å²) in [6.45, 7) is 0. The Hall–Kier alpha value is -1.57. The van der Waals surface area contributed by atoms with Gasteiger partial charge in [-0.15, -0.1) is 0 Å². The molecule has 2 rings (SSSR count). The first-order chi connectivity index (χ1) is 10.2. The normalized spacial score (nSPS) is 9.13. The van der Waals surface area contributed by atoms with Gasteiger partial charge in [0.05, 0.1) is 11.1 Å². The van der Waals surface area contributed by atoms with Gasteiger partial charge >= 0.3 is 11.9 Å². The molecule has 0 aromatic heterocycles. The van der Waals surface area contributed by atoms with Gasteiger partial charge in [0.1, 0.15) is 0 Å². The van der Waals surface area contributed by atoms with E-state index in [9.17, 15) is 9.59 Å². The van der Waals surface area contributed by atoms with Gasteiger partial charge in [-0.2, -0.15) is 0 Å². The van der Waals surface area contributed by atoms with E-state index in [4.69, 9.17) is 21.7 Å². The number of anilines is 2. The van der Waals surface area contributed by atoms with Crippen LogP contribution in [-0.4, -0.2) is 22.2 Å². The third-order valence-electron chi connectivity index (χ3n) is 2.49. The van der Waals surface area contributed by atoms with Crippen LogP contribution < -0.4 is 11.5 Å². The Morgan fingerprint density at radius 1 is 0.783 bits per heavy atom. The van der Waals surface area contributed by atoms with Gasteiger partial charge in [0.2, 0.25) is 0 Å². The molecule has 0 saturated carbocycles. The van der Waals surface area contributed by atoms with Crippen molar-refractivity contribution in [2.45, 2.75) is 0 Å². The molecule has 2 aromatic carbocycles. The van der Waals surface area contributed by atoms with Crippen LogP contribution in [-0.2, 0) is 16.5 Å². The molecule has 0 radical (unpaired) electrons. The summed E-state index contributed by atoms with van der Waals surface area (Å²) in [5.74, 6) is -2.02. The number of aromatic carboxylic acids is 2. The zero-order valence-electron chi connectivity index (χ0n) is 11.4. The molecule has 23 heavy (non-hydrogen) atoms. The summed E-state index contributed by atoms with van der Waals surface area (Å²) in [6.07, 6.45) is 0. The maximum atomic E-state index is 10.5. The molecule has 0 aliphatic rings. The largest absolute Gasteiger partial charge is 0.478 e. The average Bonchev–Trinajstić information content (AvgIpc) is 2.44. The number of carboxylic acid groups (broad SMARTS) is 2. The van der Waals surface area contributed by atoms with E-state index in [-0.39, 0.29) is 39.0 Å². The Bertz CT molecular complexity index is 664. The number of carboxylic acids is 2. The molecule has 0 unspecified atom stereocenters. The SMILES string of the molecule is Nc1ccc(Br)cc1C(=O)O.Nc1ccc(Br)cc1C(=O)O.[Ni]. The molecule has 9 heteroatoms. The quantitative estimate of drug-likeness (QED) is 0.377. The Balaban J connectivity index is 0.000000403. The molecule has 6 N–H and O–H groups in total. The predicted molar refractivity (Wildman–Crippen MR) is 91.0 cm³/mol. The Kier molecular flexibility index (Phi) is 8.90. The van der Waals surface area contributed by atoms with E-state index in [1.54, 1.807) is 24.3 Å². The van der Waals surface area contributed by atoms with Crippen molar-refractivity contribution in [3.8, 4) is 0 Å². The number of halogens is 2. The molecule has 0 heterocycles. The summed E-state index contributed by atoms with van der Waals surface area (Å²) in [4.78, 5) is 20.9. The third kappa shape index (κ3) is 6.60. The number of nitrogens with two attached hydrogens (primary N) is 2. The molecule has 0 fully saturated rings. The summed E-state index contributed by atoms with van der Waals surface area (Å²) < 4.78 is 1.42. The zero-order chi connectivity index (χ0) is 16.9. The maximum Gasteiger partial charge on any atom is 0.337 e. The van der Waals surface area contributed by atoms with Crippen molar-refractivity contribution in [2.75, 3.05) is 11.5 Å². The fourth-order valence-electron chi connectivity index (χ4n) is 1.43. The molecule has 0 spiro atoms. The van der Waals surface area contributed by atoms with E-state index in [1.165, 1.54) is 12.1 Å². The van der Waals surface area contributed by atoms with Crippen LogP contribution in [0.25, 0.3) is 0 Å². The number of nitrogen functional groups attached to an aromatic ring is 2. The molecule has 0 aliphatic carbocycles. The van der Waals surface area contributed by atoms with Crippen LogP contribution in [0, 0.1) is 0 Å². The summed E-state index contributed by atoms with van der Waals surface area (Å²) in [7, 11) is 0. The average molecular weight is 491 g/mol. The summed E-state index contributed by atoms with van der Waals surface area (Å²) in [5.41, 5.74) is 11.6. The molecule has 6 nitrogen and oxygen atoms in total. The van der Waals surface area contributed by atoms with Gasteiger partial charge in [-0.25, -0.2) is 9.59 Å². The molecular formula is C14H12Br2N2NiO4. The molecular weight excluding hydrogens is 479 g/mol. The molecule has 0 aliphatic heterocycles. The van der Waals surface area contributed by atoms with Crippen molar-refractivity contribution in [3.63, 3.8) is 0 Å². The van der Waals surface area contributed by atoms with Crippen LogP contribution in [0.2, 0.25) is 0 Å². The minimum atomic E-state index is -1.01. The molecule has 0 saturated heterocycles. The monoisotopic (exact) mass is 488 g/mol. The minimum absolute atomic E-state index is 0. The van der Waals surface area contributed by atoms with Crippen molar-refractivity contribution in [2.24, 2.45) is 0 Å². The van der Waals surface area contributed by atoms with Crippen LogP contribution in [0.4, 0.5) is 11.4 Å². The molecule has 0 atom stereocenters. The van der Waals surface area contributed by atoms with E-state index in [0.717, 1.165) is 0 Å². The van der Waals surface area contributed by atoms with Crippen molar-refractivity contribution >= 4 is 55.2 Å². The number of carbonyl (C=O) groups is 2. The molecule has 2 aromatic rings. The van der Waals surface area contributed by atoms with Crippen LogP contribution >= 0.6 is 31.9 Å². The molecule has 0 bridgehead atoms. The fraction of sp³-hybridized carbons (Fsp3) is 0. The first-order valence-corrected chi connectivity index (χ1v) is 7.37. The van der Waals surface area contributed by atoms with Gasteiger partial charge in [0.15, 0.2) is 0 Å². The van der Waals surface area contributed by atoms with Crippen molar-refractivity contribution in [1.29, 1.82) is 0 Å². The van der Waals surface area contributed by atoms with Gasteiger partial charge in [-0.3, -0.25) is 0 Å². The van der Waals surface area contributed by atoms with E-state index in [0.29, 0.717) is 8.95 Å². The topological polar surface area (TPSA) is 127 Å². The molecule has 126 valence electrons. The van der Waals surface area contributed by atoms with Crippen molar-refractivity contribution in [3.05, 3.63) is 56.5 Å². The number of hydrogen-bond acceptors (Lipinski definition) is 4.